The molecule has 2 aromatic carbocycles. The molecule has 7 heteroatoms. The highest BCUT2D eigenvalue weighted by molar-refractivity contribution is 5.99. The quantitative estimate of drug-likeness (QED) is 0.520. The van der Waals surface area contributed by atoms with Crippen molar-refractivity contribution in [1.82, 2.24) is 0 Å². The number of fused-ring (bicyclic) bond motifs is 1. The van der Waals surface area contributed by atoms with E-state index in [1.54, 1.807) is 30.3 Å². The van der Waals surface area contributed by atoms with E-state index >= 15 is 0 Å². The van der Waals surface area contributed by atoms with Crippen molar-refractivity contribution in [2.24, 2.45) is 0 Å². The van der Waals surface area contributed by atoms with Gasteiger partial charge < -0.3 is 23.9 Å². The van der Waals surface area contributed by atoms with Crippen LogP contribution in [0.25, 0.3) is 11.0 Å². The highest BCUT2D eigenvalue weighted by atomic mass is 16.6. The Hall–Kier alpha value is -3.32. The highest BCUT2D eigenvalue weighted by Gasteiger charge is 2.26. The third kappa shape index (κ3) is 4.99. The Morgan fingerprint density at radius 2 is 1.77 bits per heavy atom. The molecule has 3 rings (SSSR count). The van der Waals surface area contributed by atoms with Crippen molar-refractivity contribution in [2.75, 3.05) is 18.5 Å². The number of esters is 1. The highest BCUT2D eigenvalue weighted by Crippen LogP contribution is 2.27. The Morgan fingerprint density at radius 3 is 2.47 bits per heavy atom. The molecule has 0 saturated heterocycles. The van der Waals surface area contributed by atoms with E-state index in [2.05, 4.69) is 5.32 Å². The van der Waals surface area contributed by atoms with Crippen molar-refractivity contribution in [3.63, 3.8) is 0 Å². The zero-order chi connectivity index (χ0) is 21.5. The average molecular weight is 411 g/mol. The molecule has 158 valence electrons. The molecule has 0 fully saturated rings. The molecule has 0 aliphatic heterocycles. The predicted molar refractivity (Wildman–Crippen MR) is 113 cm³/mol. The first-order valence-electron chi connectivity index (χ1n) is 9.86. The molecule has 1 heterocycles. The number of amides is 1. The van der Waals surface area contributed by atoms with Crippen molar-refractivity contribution in [1.29, 1.82) is 0 Å². The van der Waals surface area contributed by atoms with E-state index in [9.17, 15) is 9.59 Å². The number of hydrogen-bond acceptors (Lipinski definition) is 6. The minimum atomic E-state index is -1.02. The van der Waals surface area contributed by atoms with E-state index in [0.717, 1.165) is 5.39 Å². The number of nitrogens with one attached hydrogen (secondary N) is 1. The molecule has 0 aliphatic rings. The minimum Gasteiger partial charge on any atom is -0.494 e. The maximum Gasteiger partial charge on any atom is 0.375 e. The number of ether oxygens (including phenoxy) is 3. The summed E-state index contributed by atoms with van der Waals surface area (Å²) in [7, 11) is 0. The lowest BCUT2D eigenvalue weighted by molar-refractivity contribution is -0.123. The van der Waals surface area contributed by atoms with E-state index in [4.69, 9.17) is 18.6 Å². The zero-order valence-corrected chi connectivity index (χ0v) is 17.3. The molecule has 0 radical (unpaired) electrons. The molecule has 0 aliphatic carbocycles. The van der Waals surface area contributed by atoms with Gasteiger partial charge in [-0.1, -0.05) is 18.2 Å². The van der Waals surface area contributed by atoms with Gasteiger partial charge in [0.25, 0.3) is 5.91 Å². The number of furan rings is 1. The molecule has 0 saturated carbocycles. The Morgan fingerprint density at radius 1 is 1.03 bits per heavy atom. The van der Waals surface area contributed by atoms with Gasteiger partial charge in [-0.05, 0) is 51.1 Å². The molecular weight excluding hydrogens is 386 g/mol. The monoisotopic (exact) mass is 411 g/mol. The molecule has 0 spiro atoms. The van der Waals surface area contributed by atoms with Gasteiger partial charge in [0.1, 0.15) is 11.3 Å². The minimum absolute atomic E-state index is 0.0466. The summed E-state index contributed by atoms with van der Waals surface area (Å²) in [4.78, 5) is 25.2. The first kappa shape index (κ1) is 21.4. The summed E-state index contributed by atoms with van der Waals surface area (Å²) in [6, 6.07) is 14.2. The Labute approximate surface area is 174 Å². The van der Waals surface area contributed by atoms with Crippen LogP contribution < -0.4 is 10.1 Å². The normalized spacial score (nSPS) is 11.8. The second-order valence-electron chi connectivity index (χ2n) is 6.54. The first-order chi connectivity index (χ1) is 14.5. The molecule has 1 aromatic heterocycles. The van der Waals surface area contributed by atoms with Crippen molar-refractivity contribution >= 4 is 28.5 Å². The molecule has 0 bridgehead atoms. The summed E-state index contributed by atoms with van der Waals surface area (Å²) in [6.07, 6.45) is -1.02. The molecule has 7 nitrogen and oxygen atoms in total. The van der Waals surface area contributed by atoms with Crippen LogP contribution in [0.3, 0.4) is 0 Å². The van der Waals surface area contributed by atoms with Gasteiger partial charge in [-0.15, -0.1) is 0 Å². The second kappa shape index (κ2) is 9.93. The van der Waals surface area contributed by atoms with Crippen LogP contribution in [-0.4, -0.2) is 31.2 Å². The molecular formula is C23H25NO6. The second-order valence-corrected chi connectivity index (χ2v) is 6.54. The first-order valence-corrected chi connectivity index (χ1v) is 9.86. The fourth-order valence-corrected chi connectivity index (χ4v) is 2.92. The summed E-state index contributed by atoms with van der Waals surface area (Å²) < 4.78 is 21.9. The molecule has 3 aromatic rings. The van der Waals surface area contributed by atoms with Gasteiger partial charge >= 0.3 is 5.97 Å². The molecule has 1 amide bonds. The number of anilines is 1. The lowest BCUT2D eigenvalue weighted by Gasteiger charge is -2.13. The van der Waals surface area contributed by atoms with Gasteiger partial charge in [0.2, 0.25) is 5.76 Å². The van der Waals surface area contributed by atoms with Crippen LogP contribution in [0.4, 0.5) is 5.69 Å². The van der Waals surface area contributed by atoms with Crippen LogP contribution in [0.1, 0.15) is 36.9 Å². The number of carbonyl (C=O) groups excluding carboxylic acids is 2. The van der Waals surface area contributed by atoms with E-state index in [-0.39, 0.29) is 12.4 Å². The Kier molecular flexibility index (Phi) is 7.08. The lowest BCUT2D eigenvalue weighted by Crippen LogP contribution is -2.30. The van der Waals surface area contributed by atoms with Crippen LogP contribution in [0.2, 0.25) is 0 Å². The number of benzene rings is 2. The van der Waals surface area contributed by atoms with Crippen molar-refractivity contribution in [3.05, 3.63) is 59.9 Å². The van der Waals surface area contributed by atoms with Crippen LogP contribution in [0, 0.1) is 0 Å². The Balaban J connectivity index is 1.69. The van der Waals surface area contributed by atoms with Gasteiger partial charge in [0.05, 0.1) is 13.2 Å². The van der Waals surface area contributed by atoms with E-state index in [1.807, 2.05) is 32.0 Å². The fourth-order valence-electron chi connectivity index (χ4n) is 2.92. The van der Waals surface area contributed by atoms with Crippen molar-refractivity contribution in [3.8, 4) is 5.75 Å². The van der Waals surface area contributed by atoms with Crippen LogP contribution in [0.15, 0.2) is 52.9 Å². The smallest absolute Gasteiger partial charge is 0.375 e. The van der Waals surface area contributed by atoms with Gasteiger partial charge in [-0.25, -0.2) is 4.79 Å². The van der Waals surface area contributed by atoms with E-state index in [1.165, 1.54) is 6.92 Å². The van der Waals surface area contributed by atoms with Gasteiger partial charge in [0, 0.05) is 23.2 Å². The SMILES string of the molecule is CCOCc1c(C(=O)O[C@H](C)C(=O)Nc2ccc(OCC)cc2)oc2ccccc12. The van der Waals surface area contributed by atoms with E-state index in [0.29, 0.717) is 35.8 Å². The number of rotatable bonds is 9. The summed E-state index contributed by atoms with van der Waals surface area (Å²) in [6.45, 7) is 6.54. The third-order valence-electron chi connectivity index (χ3n) is 4.42. The van der Waals surface area contributed by atoms with Gasteiger partial charge in [0.15, 0.2) is 6.10 Å². The number of para-hydroxylation sites is 1. The Bertz CT molecular complexity index is 1010. The van der Waals surface area contributed by atoms with Crippen LogP contribution in [-0.2, 0) is 20.9 Å². The number of carbonyl (C=O) groups is 2. The summed E-state index contributed by atoms with van der Waals surface area (Å²) in [5.74, 6) is -0.405. The molecule has 0 unspecified atom stereocenters. The van der Waals surface area contributed by atoms with Crippen LogP contribution in [0.5, 0.6) is 5.75 Å². The fraction of sp³-hybridized carbons (Fsp3) is 0.304. The van der Waals surface area contributed by atoms with Gasteiger partial charge in [-0.3, -0.25) is 4.79 Å². The maximum absolute atomic E-state index is 12.7. The summed E-state index contributed by atoms with van der Waals surface area (Å²) in [5, 5.41) is 3.50. The average Bonchev–Trinajstić information content (AvgIpc) is 3.12. The summed E-state index contributed by atoms with van der Waals surface area (Å²) in [5.41, 5.74) is 1.74. The third-order valence-corrected chi connectivity index (χ3v) is 4.42. The summed E-state index contributed by atoms with van der Waals surface area (Å²) >= 11 is 0. The van der Waals surface area contributed by atoms with Gasteiger partial charge in [-0.2, -0.15) is 0 Å². The largest absolute Gasteiger partial charge is 0.494 e. The standard InChI is InChI=1S/C23H25NO6/c1-4-27-14-19-18-8-6-7-9-20(18)30-21(19)23(26)29-15(3)22(25)24-16-10-12-17(13-11-16)28-5-2/h6-13,15H,4-5,14H2,1-3H3,(H,24,25)/t15-/m1/s1. The predicted octanol–water partition coefficient (Wildman–Crippen LogP) is 4.55. The van der Waals surface area contributed by atoms with E-state index < -0.39 is 18.0 Å². The topological polar surface area (TPSA) is 87.0 Å². The molecule has 1 N–H and O–H groups in total. The lowest BCUT2D eigenvalue weighted by atomic mass is 10.1. The van der Waals surface area contributed by atoms with Crippen molar-refractivity contribution < 1.29 is 28.2 Å². The van der Waals surface area contributed by atoms with Crippen molar-refractivity contribution in [2.45, 2.75) is 33.5 Å². The van der Waals surface area contributed by atoms with Crippen LogP contribution >= 0.6 is 0 Å². The zero-order valence-electron chi connectivity index (χ0n) is 17.3. The number of hydrogen-bond donors (Lipinski definition) is 1. The maximum atomic E-state index is 12.7. The molecule has 1 atom stereocenters. The molecule has 30 heavy (non-hydrogen) atoms.